The third-order valence-electron chi connectivity index (χ3n) is 2.85. The number of nitro groups is 1. The molecule has 0 aliphatic carbocycles. The lowest BCUT2D eigenvalue weighted by Gasteiger charge is -2.30. The van der Waals surface area contributed by atoms with E-state index in [2.05, 4.69) is 4.74 Å². The van der Waals surface area contributed by atoms with E-state index >= 15 is 0 Å². The predicted octanol–water partition coefficient (Wildman–Crippen LogP) is 1.61. The molecule has 0 radical (unpaired) electrons. The number of hydrogen-bond acceptors (Lipinski definition) is 6. The van der Waals surface area contributed by atoms with Crippen LogP contribution in [0.15, 0.2) is 24.3 Å². The van der Waals surface area contributed by atoms with Gasteiger partial charge in [-0.25, -0.2) is 4.79 Å². The maximum atomic E-state index is 13.0. The zero-order chi connectivity index (χ0) is 18.7. The molecule has 2 N–H and O–H groups in total. The van der Waals surface area contributed by atoms with Gasteiger partial charge in [-0.3, -0.25) is 14.9 Å². The number of anilines is 1. The highest BCUT2D eigenvalue weighted by molar-refractivity contribution is 6.35. The van der Waals surface area contributed by atoms with Crippen LogP contribution in [-0.2, 0) is 14.3 Å². The largest absolute Gasteiger partial charge is 0.467 e. The molecule has 2 atom stereocenters. The van der Waals surface area contributed by atoms with Crippen molar-refractivity contribution in [3.8, 4) is 0 Å². The number of halogens is 4. The van der Waals surface area contributed by atoms with Crippen molar-refractivity contribution in [1.29, 1.82) is 0 Å². The van der Waals surface area contributed by atoms with Crippen molar-refractivity contribution < 1.29 is 37.5 Å². The fourth-order valence-electron chi connectivity index (χ4n) is 1.61. The number of alkyl halides is 4. The Hall–Kier alpha value is -2.40. The van der Waals surface area contributed by atoms with Crippen molar-refractivity contribution >= 4 is 34.9 Å². The van der Waals surface area contributed by atoms with Crippen LogP contribution in [0.1, 0.15) is 0 Å². The summed E-state index contributed by atoms with van der Waals surface area (Å²) in [6.07, 6.45) is -5.60. The maximum absolute atomic E-state index is 13.0. The van der Waals surface area contributed by atoms with E-state index in [9.17, 15) is 38.0 Å². The van der Waals surface area contributed by atoms with Gasteiger partial charge in [0.05, 0.1) is 12.0 Å². The molecule has 1 rings (SSSR count). The summed E-state index contributed by atoms with van der Waals surface area (Å²) in [6.45, 7) is 0. The summed E-state index contributed by atoms with van der Waals surface area (Å²) in [5.74, 6) is -3.79. The molecule has 0 aliphatic rings. The number of rotatable bonds is 5. The number of nitrogens with one attached hydrogen (secondary N) is 1. The van der Waals surface area contributed by atoms with Gasteiger partial charge in [-0.2, -0.15) is 13.2 Å². The van der Waals surface area contributed by atoms with E-state index in [1.807, 2.05) is 5.32 Å². The number of methoxy groups -OCH3 is 1. The highest BCUT2D eigenvalue weighted by atomic mass is 35.5. The van der Waals surface area contributed by atoms with Crippen molar-refractivity contribution in [2.24, 2.45) is 0 Å². The molecule has 0 saturated heterocycles. The quantitative estimate of drug-likeness (QED) is 0.352. The normalized spacial score (nSPS) is 15.1. The first-order valence-corrected chi connectivity index (χ1v) is 6.45. The van der Waals surface area contributed by atoms with Gasteiger partial charge in [-0.1, -0.05) is 6.07 Å². The molecule has 8 nitrogen and oxygen atoms in total. The highest BCUT2D eigenvalue weighted by Gasteiger charge is 2.67. The molecule has 0 bridgehead atoms. The van der Waals surface area contributed by atoms with Crippen molar-refractivity contribution in [3.63, 3.8) is 0 Å². The number of nitro benzene ring substituents is 1. The predicted molar refractivity (Wildman–Crippen MR) is 74.4 cm³/mol. The zero-order valence-corrected chi connectivity index (χ0v) is 12.6. The summed E-state index contributed by atoms with van der Waals surface area (Å²) in [5, 5.41) is 19.2. The van der Waals surface area contributed by atoms with Crippen LogP contribution in [0.2, 0.25) is 0 Å². The molecule has 1 aromatic carbocycles. The van der Waals surface area contributed by atoms with Gasteiger partial charge < -0.3 is 15.2 Å². The fraction of sp³-hybridized carbons (Fsp3) is 0.333. The van der Waals surface area contributed by atoms with E-state index in [1.165, 1.54) is 0 Å². The minimum absolute atomic E-state index is 0.255. The molecule has 0 fully saturated rings. The summed E-state index contributed by atoms with van der Waals surface area (Å²) in [4.78, 5) is 32.9. The first-order valence-electron chi connectivity index (χ1n) is 6.02. The number of amides is 1. The molecule has 132 valence electrons. The van der Waals surface area contributed by atoms with Crippen LogP contribution in [0.3, 0.4) is 0 Å². The molecule has 0 aliphatic heterocycles. The van der Waals surface area contributed by atoms with Gasteiger partial charge in [0.1, 0.15) is 0 Å². The van der Waals surface area contributed by atoms with Gasteiger partial charge in [0, 0.05) is 17.8 Å². The van der Waals surface area contributed by atoms with Gasteiger partial charge in [-0.05, 0) is 6.07 Å². The maximum Gasteiger partial charge on any atom is 0.430 e. The Kier molecular flexibility index (Phi) is 5.74. The van der Waals surface area contributed by atoms with E-state index in [0.29, 0.717) is 7.11 Å². The number of nitrogens with zero attached hydrogens (tertiary/aromatic N) is 1. The van der Waals surface area contributed by atoms with Crippen LogP contribution < -0.4 is 5.32 Å². The number of carbonyl (C=O) groups excluding carboxylic acids is 2. The molecule has 0 unspecified atom stereocenters. The minimum Gasteiger partial charge on any atom is -0.467 e. The number of aliphatic hydroxyl groups is 1. The van der Waals surface area contributed by atoms with Crippen molar-refractivity contribution in [2.75, 3.05) is 12.4 Å². The van der Waals surface area contributed by atoms with Crippen LogP contribution in [0.25, 0.3) is 0 Å². The number of hydrogen-bond donors (Lipinski definition) is 2. The van der Waals surface area contributed by atoms with Crippen LogP contribution >= 0.6 is 11.6 Å². The average molecular weight is 371 g/mol. The van der Waals surface area contributed by atoms with Gasteiger partial charge in [0.2, 0.25) is 5.91 Å². The summed E-state index contributed by atoms with van der Waals surface area (Å²) in [5.41, 5.74) is -5.00. The third-order valence-corrected chi connectivity index (χ3v) is 3.36. The third kappa shape index (κ3) is 3.74. The molecular weight excluding hydrogens is 361 g/mol. The fourth-order valence-corrected chi connectivity index (χ4v) is 1.88. The second-order valence-corrected chi connectivity index (χ2v) is 4.85. The number of non-ortho nitro benzene ring substituents is 1. The average Bonchev–Trinajstić information content (AvgIpc) is 2.51. The van der Waals surface area contributed by atoms with E-state index in [4.69, 9.17) is 11.6 Å². The SMILES string of the molecule is COC(=O)[C@](O)([C@@H](Cl)C(=O)Nc1cccc([N+](=O)[O-])c1)C(F)(F)F. The molecular formula is C12H10ClF3N2O6. The number of esters is 1. The van der Waals surface area contributed by atoms with E-state index in [-0.39, 0.29) is 5.69 Å². The number of ether oxygens (including phenoxy) is 1. The zero-order valence-electron chi connectivity index (χ0n) is 11.8. The van der Waals surface area contributed by atoms with Crippen molar-refractivity contribution in [2.45, 2.75) is 17.2 Å². The first kappa shape index (κ1) is 19.6. The molecule has 0 spiro atoms. The Bertz CT molecular complexity index is 668. The van der Waals surface area contributed by atoms with E-state index in [0.717, 1.165) is 24.3 Å². The Balaban J connectivity index is 3.11. The number of carbonyl (C=O) groups is 2. The van der Waals surface area contributed by atoms with Crippen molar-refractivity contribution in [3.05, 3.63) is 34.4 Å². The Morgan fingerprint density at radius 3 is 2.46 bits per heavy atom. The van der Waals surface area contributed by atoms with Crippen LogP contribution in [0.5, 0.6) is 0 Å². The van der Waals surface area contributed by atoms with Gasteiger partial charge in [0.15, 0.2) is 5.38 Å². The minimum atomic E-state index is -5.60. The van der Waals surface area contributed by atoms with Gasteiger partial charge in [-0.15, -0.1) is 11.6 Å². The smallest absolute Gasteiger partial charge is 0.430 e. The monoisotopic (exact) mass is 370 g/mol. The Labute approximate surface area is 137 Å². The molecule has 1 amide bonds. The lowest BCUT2D eigenvalue weighted by molar-refractivity contribution is -0.384. The number of benzene rings is 1. The molecule has 1 aromatic rings. The van der Waals surface area contributed by atoms with Crippen LogP contribution in [0.4, 0.5) is 24.5 Å². The Morgan fingerprint density at radius 2 is 2.00 bits per heavy atom. The second kappa shape index (κ2) is 7.01. The lowest BCUT2D eigenvalue weighted by Crippen LogP contribution is -2.62. The molecule has 0 aromatic heterocycles. The van der Waals surface area contributed by atoms with Crippen LogP contribution in [0, 0.1) is 10.1 Å². The highest BCUT2D eigenvalue weighted by Crippen LogP contribution is 2.37. The molecule has 0 heterocycles. The summed E-state index contributed by atoms with van der Waals surface area (Å²) in [7, 11) is 0.571. The van der Waals surface area contributed by atoms with E-state index < -0.39 is 39.6 Å². The summed E-state index contributed by atoms with van der Waals surface area (Å²) < 4.78 is 42.7. The topological polar surface area (TPSA) is 119 Å². The van der Waals surface area contributed by atoms with E-state index in [1.54, 1.807) is 0 Å². The molecule has 12 heteroatoms. The van der Waals surface area contributed by atoms with Gasteiger partial charge >= 0.3 is 12.1 Å². The molecule has 24 heavy (non-hydrogen) atoms. The first-order chi connectivity index (χ1) is 10.9. The lowest BCUT2D eigenvalue weighted by atomic mass is 9.98. The standard InChI is InChI=1S/C12H10ClF3N2O6/c1-24-10(20)11(21,12(14,15)16)8(13)9(19)17-6-3-2-4-7(5-6)18(22)23/h2-5,8,21H,1H3,(H,17,19)/t8-,11+/m0/s1. The Morgan fingerprint density at radius 1 is 1.42 bits per heavy atom. The summed E-state index contributed by atoms with van der Waals surface area (Å²) >= 11 is 5.33. The van der Waals surface area contributed by atoms with Crippen LogP contribution in [-0.4, -0.2) is 46.2 Å². The summed E-state index contributed by atoms with van der Waals surface area (Å²) in [6, 6.07) is 4.23. The molecule has 0 saturated carbocycles. The van der Waals surface area contributed by atoms with Gasteiger partial charge in [0.25, 0.3) is 11.3 Å². The van der Waals surface area contributed by atoms with Crippen molar-refractivity contribution in [1.82, 2.24) is 0 Å². The second-order valence-electron chi connectivity index (χ2n) is 4.41.